The molecule has 2 aromatic carbocycles. The van der Waals surface area contributed by atoms with E-state index in [1.54, 1.807) is 30.3 Å². The molecule has 2 N–H and O–H groups in total. The average molecular weight is 416 g/mol. The van der Waals surface area contributed by atoms with Crippen LogP contribution in [0.4, 0.5) is 5.69 Å². The van der Waals surface area contributed by atoms with Crippen molar-refractivity contribution in [2.75, 3.05) is 17.9 Å². The zero-order valence-electron chi connectivity index (χ0n) is 16.0. The largest absolute Gasteiger partial charge is 0.490 e. The number of anilines is 1. The molecule has 0 aromatic heterocycles. The highest BCUT2D eigenvalue weighted by atomic mass is 32.2. The van der Waals surface area contributed by atoms with Crippen LogP contribution in [0.5, 0.6) is 11.5 Å². The number of rotatable bonds is 5. The van der Waals surface area contributed by atoms with Crippen molar-refractivity contribution in [3.8, 4) is 11.5 Å². The quantitative estimate of drug-likeness (QED) is 0.780. The summed E-state index contributed by atoms with van der Waals surface area (Å²) in [6.07, 6.45) is 4.97. The molecule has 4 rings (SSSR count). The molecular formula is C21H24N2O5S. The van der Waals surface area contributed by atoms with E-state index in [2.05, 4.69) is 10.0 Å². The molecule has 1 heterocycles. The lowest BCUT2D eigenvalue weighted by Crippen LogP contribution is -2.32. The van der Waals surface area contributed by atoms with Crippen LogP contribution in [0.15, 0.2) is 47.4 Å². The van der Waals surface area contributed by atoms with Gasteiger partial charge in [0.1, 0.15) is 0 Å². The lowest BCUT2D eigenvalue weighted by molar-refractivity contribution is 0.0938. The first-order valence-corrected chi connectivity index (χ1v) is 11.3. The Hall–Kier alpha value is -2.74. The van der Waals surface area contributed by atoms with Crippen LogP contribution in [0.3, 0.4) is 0 Å². The van der Waals surface area contributed by atoms with Crippen LogP contribution >= 0.6 is 0 Å². The number of ether oxygens (including phenoxy) is 2. The Kier molecular flexibility index (Phi) is 5.62. The van der Waals surface area contributed by atoms with Crippen molar-refractivity contribution in [1.82, 2.24) is 5.32 Å². The molecule has 0 atom stereocenters. The number of hydrogen-bond acceptors (Lipinski definition) is 5. The van der Waals surface area contributed by atoms with Gasteiger partial charge in [0.05, 0.1) is 18.1 Å². The minimum absolute atomic E-state index is 0.0718. The van der Waals surface area contributed by atoms with E-state index in [0.717, 1.165) is 32.1 Å². The van der Waals surface area contributed by atoms with E-state index in [9.17, 15) is 13.2 Å². The predicted octanol–water partition coefficient (Wildman–Crippen LogP) is 3.32. The second-order valence-electron chi connectivity index (χ2n) is 7.30. The van der Waals surface area contributed by atoms with Gasteiger partial charge >= 0.3 is 0 Å². The molecule has 2 aliphatic rings. The number of amides is 1. The van der Waals surface area contributed by atoms with Gasteiger partial charge in [-0.1, -0.05) is 18.9 Å². The highest BCUT2D eigenvalue weighted by Crippen LogP contribution is 2.32. The van der Waals surface area contributed by atoms with E-state index in [0.29, 0.717) is 36.0 Å². The molecule has 0 radical (unpaired) electrons. The fraction of sp³-hybridized carbons (Fsp3) is 0.381. The number of benzene rings is 2. The van der Waals surface area contributed by atoms with Crippen molar-refractivity contribution in [2.24, 2.45) is 0 Å². The summed E-state index contributed by atoms with van der Waals surface area (Å²) in [4.78, 5) is 12.5. The molecule has 154 valence electrons. The monoisotopic (exact) mass is 416 g/mol. The van der Waals surface area contributed by atoms with Crippen LogP contribution < -0.4 is 19.5 Å². The van der Waals surface area contributed by atoms with Gasteiger partial charge in [-0.25, -0.2) is 8.42 Å². The Balaban J connectivity index is 1.51. The molecule has 1 saturated carbocycles. The summed E-state index contributed by atoms with van der Waals surface area (Å²) >= 11 is 0. The van der Waals surface area contributed by atoms with Crippen LogP contribution in [0.2, 0.25) is 0 Å². The summed E-state index contributed by atoms with van der Waals surface area (Å²) < 4.78 is 39.3. The Morgan fingerprint density at radius 2 is 1.69 bits per heavy atom. The second kappa shape index (κ2) is 8.32. The molecule has 1 amide bonds. The van der Waals surface area contributed by atoms with Crippen LogP contribution in [0.1, 0.15) is 42.5 Å². The molecule has 8 heteroatoms. The fourth-order valence-electron chi connectivity index (χ4n) is 3.59. The molecule has 0 bridgehead atoms. The third-order valence-electron chi connectivity index (χ3n) is 5.10. The first-order valence-electron chi connectivity index (χ1n) is 9.85. The first kappa shape index (κ1) is 19.6. The average Bonchev–Trinajstić information content (AvgIpc) is 3.10. The molecule has 1 fully saturated rings. The number of carbonyl (C=O) groups is 1. The summed E-state index contributed by atoms with van der Waals surface area (Å²) in [5.41, 5.74) is 0.756. The van der Waals surface area contributed by atoms with Crippen LogP contribution in [-0.4, -0.2) is 33.6 Å². The maximum atomic E-state index is 12.8. The zero-order chi connectivity index (χ0) is 20.3. The van der Waals surface area contributed by atoms with Gasteiger partial charge in [0.25, 0.3) is 15.9 Å². The van der Waals surface area contributed by atoms with E-state index < -0.39 is 10.0 Å². The first-order chi connectivity index (χ1) is 14.0. The molecular weight excluding hydrogens is 392 g/mol. The van der Waals surface area contributed by atoms with E-state index in [1.807, 2.05) is 0 Å². The molecule has 7 nitrogen and oxygen atoms in total. The number of hydrogen-bond donors (Lipinski definition) is 2. The van der Waals surface area contributed by atoms with Crippen molar-refractivity contribution in [1.29, 1.82) is 0 Å². The zero-order valence-corrected chi connectivity index (χ0v) is 16.8. The van der Waals surface area contributed by atoms with Gasteiger partial charge in [-0.15, -0.1) is 0 Å². The van der Waals surface area contributed by atoms with Crippen molar-refractivity contribution in [2.45, 2.75) is 43.0 Å². The van der Waals surface area contributed by atoms with Gasteiger partial charge in [-0.2, -0.15) is 0 Å². The maximum Gasteiger partial charge on any atom is 0.262 e. The fourth-order valence-corrected chi connectivity index (χ4v) is 4.65. The molecule has 0 saturated heterocycles. The molecule has 0 unspecified atom stereocenters. The van der Waals surface area contributed by atoms with Crippen LogP contribution in [0.25, 0.3) is 0 Å². The van der Waals surface area contributed by atoms with E-state index in [1.165, 1.54) is 12.1 Å². The third kappa shape index (κ3) is 4.64. The lowest BCUT2D eigenvalue weighted by atomic mass is 10.1. The summed E-state index contributed by atoms with van der Waals surface area (Å²) in [6, 6.07) is 11.2. The minimum atomic E-state index is -3.84. The summed E-state index contributed by atoms with van der Waals surface area (Å²) in [6.45, 7) is 1.01. The third-order valence-corrected chi connectivity index (χ3v) is 6.48. The molecule has 1 aliphatic heterocycles. The Bertz CT molecular complexity index is 1000. The van der Waals surface area contributed by atoms with Gasteiger partial charge in [-0.3, -0.25) is 9.52 Å². The molecule has 2 aromatic rings. The van der Waals surface area contributed by atoms with E-state index >= 15 is 0 Å². The Morgan fingerprint density at radius 1 is 0.931 bits per heavy atom. The summed E-state index contributed by atoms with van der Waals surface area (Å²) in [5, 5.41) is 3.01. The SMILES string of the molecule is O=C(NC1CCCC1)c1cccc(NS(=O)(=O)c2ccc3c(c2)OCCCO3)c1. The van der Waals surface area contributed by atoms with Crippen molar-refractivity contribution < 1.29 is 22.7 Å². The standard InChI is InChI=1S/C21H24N2O5S/c24-21(22-16-6-1-2-7-16)15-5-3-8-17(13-15)23-29(25,26)18-9-10-19-20(14-18)28-12-4-11-27-19/h3,5,8-10,13-14,16,23H,1-2,4,6-7,11-12H2,(H,22,24). The van der Waals surface area contributed by atoms with Crippen molar-refractivity contribution in [3.05, 3.63) is 48.0 Å². The van der Waals surface area contributed by atoms with Gasteiger partial charge in [0, 0.05) is 29.8 Å². The molecule has 29 heavy (non-hydrogen) atoms. The van der Waals surface area contributed by atoms with Gasteiger partial charge in [0.15, 0.2) is 11.5 Å². The smallest absolute Gasteiger partial charge is 0.262 e. The highest BCUT2D eigenvalue weighted by Gasteiger charge is 2.21. The van der Waals surface area contributed by atoms with Crippen LogP contribution in [0, 0.1) is 0 Å². The highest BCUT2D eigenvalue weighted by molar-refractivity contribution is 7.92. The number of carbonyl (C=O) groups excluding carboxylic acids is 1. The van der Waals surface area contributed by atoms with Crippen molar-refractivity contribution >= 4 is 21.6 Å². The summed E-state index contributed by atoms with van der Waals surface area (Å²) in [5.74, 6) is 0.760. The number of nitrogens with one attached hydrogen (secondary N) is 2. The number of fused-ring (bicyclic) bond motifs is 1. The molecule has 1 aliphatic carbocycles. The normalized spacial score (nSPS) is 16.8. The topological polar surface area (TPSA) is 93.7 Å². The van der Waals surface area contributed by atoms with Gasteiger partial charge in [-0.05, 0) is 43.2 Å². The van der Waals surface area contributed by atoms with Crippen LogP contribution in [-0.2, 0) is 10.0 Å². The van der Waals surface area contributed by atoms with Crippen molar-refractivity contribution in [3.63, 3.8) is 0 Å². The Morgan fingerprint density at radius 3 is 2.48 bits per heavy atom. The van der Waals surface area contributed by atoms with E-state index in [4.69, 9.17) is 9.47 Å². The summed E-state index contributed by atoms with van der Waals surface area (Å²) in [7, 11) is -3.84. The minimum Gasteiger partial charge on any atom is -0.490 e. The maximum absolute atomic E-state index is 12.8. The number of sulfonamides is 1. The van der Waals surface area contributed by atoms with Gasteiger partial charge in [0.2, 0.25) is 0 Å². The predicted molar refractivity (Wildman–Crippen MR) is 109 cm³/mol. The van der Waals surface area contributed by atoms with E-state index in [-0.39, 0.29) is 16.8 Å². The lowest BCUT2D eigenvalue weighted by Gasteiger charge is -2.14. The second-order valence-corrected chi connectivity index (χ2v) is 8.98. The Labute approximate surface area is 170 Å². The molecule has 0 spiro atoms. The van der Waals surface area contributed by atoms with Gasteiger partial charge < -0.3 is 14.8 Å².